The predicted octanol–water partition coefficient (Wildman–Crippen LogP) is 3.19. The normalized spacial score (nSPS) is 30.9. The Labute approximate surface area is 110 Å². The maximum atomic E-state index is 3.85. The third-order valence-electron chi connectivity index (χ3n) is 4.36. The molecule has 2 atom stereocenters. The largest absolute Gasteiger partial charge is 0.365 e. The van der Waals surface area contributed by atoms with E-state index in [9.17, 15) is 0 Å². The Morgan fingerprint density at radius 2 is 1.83 bits per heavy atom. The minimum atomic E-state index is 0.217. The van der Waals surface area contributed by atoms with Gasteiger partial charge in [-0.3, -0.25) is 0 Å². The lowest BCUT2D eigenvalue weighted by atomic mass is 9.83. The van der Waals surface area contributed by atoms with Crippen LogP contribution in [0.2, 0.25) is 0 Å². The van der Waals surface area contributed by atoms with Crippen molar-refractivity contribution in [2.75, 3.05) is 11.4 Å². The fourth-order valence-electron chi connectivity index (χ4n) is 3.65. The van der Waals surface area contributed by atoms with E-state index in [4.69, 9.17) is 0 Å². The number of nitrogens with one attached hydrogen (secondary N) is 1. The van der Waals surface area contributed by atoms with Gasteiger partial charge in [-0.25, -0.2) is 0 Å². The van der Waals surface area contributed by atoms with Gasteiger partial charge >= 0.3 is 0 Å². The maximum Gasteiger partial charge on any atom is 0.0444 e. The van der Waals surface area contributed by atoms with Crippen molar-refractivity contribution in [1.29, 1.82) is 0 Å². The first-order valence-corrected chi connectivity index (χ1v) is 7.25. The van der Waals surface area contributed by atoms with Crippen LogP contribution in [0.4, 0.5) is 5.69 Å². The molecule has 1 aromatic rings. The van der Waals surface area contributed by atoms with E-state index in [1.165, 1.54) is 31.4 Å². The summed E-state index contributed by atoms with van der Waals surface area (Å²) < 4.78 is 0. The molecular formula is C16H24N2. The van der Waals surface area contributed by atoms with Gasteiger partial charge in [-0.15, -0.1) is 0 Å². The Morgan fingerprint density at radius 1 is 1.11 bits per heavy atom. The van der Waals surface area contributed by atoms with E-state index in [2.05, 4.69) is 54.4 Å². The molecule has 1 N–H and O–H groups in total. The van der Waals surface area contributed by atoms with Crippen molar-refractivity contribution in [1.82, 2.24) is 5.32 Å². The number of nitrogens with zero attached hydrogens (tertiary/aromatic N) is 1. The van der Waals surface area contributed by atoms with Crippen LogP contribution in [-0.4, -0.2) is 24.2 Å². The summed E-state index contributed by atoms with van der Waals surface area (Å²) in [5, 5.41) is 3.85. The highest BCUT2D eigenvalue weighted by Gasteiger charge is 2.40. The van der Waals surface area contributed by atoms with Crippen molar-refractivity contribution in [2.45, 2.75) is 57.2 Å². The lowest BCUT2D eigenvalue weighted by Crippen LogP contribution is -2.67. The lowest BCUT2D eigenvalue weighted by molar-refractivity contribution is 0.199. The molecule has 0 unspecified atom stereocenters. The predicted molar refractivity (Wildman–Crippen MR) is 77.0 cm³/mol. The fourth-order valence-corrected chi connectivity index (χ4v) is 3.65. The van der Waals surface area contributed by atoms with Crippen molar-refractivity contribution in [3.8, 4) is 0 Å². The van der Waals surface area contributed by atoms with Gasteiger partial charge in [0.2, 0.25) is 0 Å². The van der Waals surface area contributed by atoms with Gasteiger partial charge < -0.3 is 10.2 Å². The Hall–Kier alpha value is -1.02. The van der Waals surface area contributed by atoms with Crippen LogP contribution in [0, 0.1) is 0 Å². The van der Waals surface area contributed by atoms with E-state index in [0.29, 0.717) is 12.1 Å². The molecule has 1 aliphatic heterocycles. The summed E-state index contributed by atoms with van der Waals surface area (Å²) in [6, 6.07) is 12.3. The van der Waals surface area contributed by atoms with Gasteiger partial charge in [0.15, 0.2) is 0 Å². The Kier molecular flexibility index (Phi) is 3.06. The molecule has 1 aromatic carbocycles. The number of piperazine rings is 1. The van der Waals surface area contributed by atoms with Crippen molar-refractivity contribution >= 4 is 5.69 Å². The first-order chi connectivity index (χ1) is 8.66. The van der Waals surface area contributed by atoms with Crippen molar-refractivity contribution in [3.63, 3.8) is 0 Å². The van der Waals surface area contributed by atoms with Gasteiger partial charge in [0, 0.05) is 29.9 Å². The zero-order chi connectivity index (χ0) is 12.6. The van der Waals surface area contributed by atoms with E-state index in [-0.39, 0.29) is 5.54 Å². The van der Waals surface area contributed by atoms with Gasteiger partial charge in [-0.05, 0) is 38.8 Å². The molecule has 0 spiro atoms. The molecule has 1 saturated heterocycles. The molecule has 0 amide bonds. The lowest BCUT2D eigenvalue weighted by Gasteiger charge is -2.52. The highest BCUT2D eigenvalue weighted by atomic mass is 15.3. The summed E-state index contributed by atoms with van der Waals surface area (Å²) in [6.45, 7) is 5.76. The van der Waals surface area contributed by atoms with Crippen molar-refractivity contribution in [2.24, 2.45) is 0 Å². The molecule has 0 radical (unpaired) electrons. The van der Waals surface area contributed by atoms with Crippen LogP contribution in [0.5, 0.6) is 0 Å². The third kappa shape index (κ3) is 2.26. The number of para-hydroxylation sites is 1. The zero-order valence-corrected chi connectivity index (χ0v) is 11.5. The molecule has 3 rings (SSSR count). The molecule has 2 aliphatic rings. The molecule has 2 heteroatoms. The number of benzene rings is 1. The van der Waals surface area contributed by atoms with Crippen LogP contribution in [0.25, 0.3) is 0 Å². The Morgan fingerprint density at radius 3 is 2.61 bits per heavy atom. The van der Waals surface area contributed by atoms with E-state index in [1.54, 1.807) is 0 Å². The van der Waals surface area contributed by atoms with Gasteiger partial charge in [0.25, 0.3) is 0 Å². The quantitative estimate of drug-likeness (QED) is 0.816. The van der Waals surface area contributed by atoms with Crippen LogP contribution in [-0.2, 0) is 0 Å². The van der Waals surface area contributed by atoms with Crippen molar-refractivity contribution in [3.05, 3.63) is 30.3 Å². The first-order valence-electron chi connectivity index (χ1n) is 7.25. The average Bonchev–Trinajstić information content (AvgIpc) is 2.38. The summed E-state index contributed by atoms with van der Waals surface area (Å²) in [5.74, 6) is 0. The second kappa shape index (κ2) is 4.58. The summed E-state index contributed by atoms with van der Waals surface area (Å²) in [4.78, 5) is 2.64. The topological polar surface area (TPSA) is 15.3 Å². The summed E-state index contributed by atoms with van der Waals surface area (Å²) in [5.41, 5.74) is 1.61. The Balaban J connectivity index is 1.90. The zero-order valence-electron chi connectivity index (χ0n) is 11.5. The van der Waals surface area contributed by atoms with Gasteiger partial charge in [0.1, 0.15) is 0 Å². The molecule has 2 fully saturated rings. The minimum Gasteiger partial charge on any atom is -0.365 e. The summed E-state index contributed by atoms with van der Waals surface area (Å²) in [7, 11) is 0. The van der Waals surface area contributed by atoms with Crippen LogP contribution in [0.3, 0.4) is 0 Å². The molecule has 98 valence electrons. The van der Waals surface area contributed by atoms with Gasteiger partial charge in [-0.2, -0.15) is 0 Å². The fraction of sp³-hybridized carbons (Fsp3) is 0.625. The van der Waals surface area contributed by atoms with E-state index in [0.717, 1.165) is 6.54 Å². The second-order valence-electron chi connectivity index (χ2n) is 6.45. The Bertz CT molecular complexity index is 399. The SMILES string of the molecule is CC1(C)CN(c2ccccc2)[C@@H]2CCCC[C@@H]2N1. The number of rotatable bonds is 1. The first kappa shape index (κ1) is 12.0. The van der Waals surface area contributed by atoms with Crippen LogP contribution in [0.15, 0.2) is 30.3 Å². The average molecular weight is 244 g/mol. The van der Waals surface area contributed by atoms with E-state index >= 15 is 0 Å². The molecule has 0 bridgehead atoms. The van der Waals surface area contributed by atoms with E-state index < -0.39 is 0 Å². The second-order valence-corrected chi connectivity index (χ2v) is 6.45. The van der Waals surface area contributed by atoms with Crippen molar-refractivity contribution < 1.29 is 0 Å². The summed E-state index contributed by atoms with van der Waals surface area (Å²) in [6.07, 6.45) is 5.43. The monoisotopic (exact) mass is 244 g/mol. The van der Waals surface area contributed by atoms with Crippen LogP contribution < -0.4 is 10.2 Å². The molecule has 0 aromatic heterocycles. The van der Waals surface area contributed by atoms with Gasteiger partial charge in [-0.1, -0.05) is 31.0 Å². The molecular weight excluding hydrogens is 220 g/mol. The number of anilines is 1. The van der Waals surface area contributed by atoms with E-state index in [1.807, 2.05) is 0 Å². The van der Waals surface area contributed by atoms with Crippen LogP contribution >= 0.6 is 0 Å². The smallest absolute Gasteiger partial charge is 0.0444 e. The molecule has 1 heterocycles. The molecule has 2 nitrogen and oxygen atoms in total. The minimum absolute atomic E-state index is 0.217. The number of hydrogen-bond donors (Lipinski definition) is 1. The van der Waals surface area contributed by atoms with Gasteiger partial charge in [0.05, 0.1) is 0 Å². The highest BCUT2D eigenvalue weighted by Crippen LogP contribution is 2.33. The standard InChI is InChI=1S/C16H24N2/c1-16(2)12-18(13-8-4-3-5-9-13)15-11-7-6-10-14(15)17-16/h3-5,8-9,14-15,17H,6-7,10-12H2,1-2H3/t14-,15+/m0/s1. The third-order valence-corrected chi connectivity index (χ3v) is 4.36. The molecule has 1 saturated carbocycles. The number of fused-ring (bicyclic) bond motifs is 1. The van der Waals surface area contributed by atoms with Crippen LogP contribution in [0.1, 0.15) is 39.5 Å². The molecule has 1 aliphatic carbocycles. The molecule has 18 heavy (non-hydrogen) atoms. The maximum absolute atomic E-state index is 3.85. The number of hydrogen-bond acceptors (Lipinski definition) is 2. The highest BCUT2D eigenvalue weighted by molar-refractivity contribution is 5.49. The summed E-state index contributed by atoms with van der Waals surface area (Å²) >= 11 is 0.